The van der Waals surface area contributed by atoms with Crippen molar-refractivity contribution in [1.82, 2.24) is 15.1 Å². The number of aliphatic hydroxyl groups excluding tert-OH is 1. The molecule has 1 aromatic rings. The van der Waals surface area contributed by atoms with E-state index in [0.29, 0.717) is 13.0 Å². The van der Waals surface area contributed by atoms with Gasteiger partial charge in [-0.2, -0.15) is 5.10 Å². The van der Waals surface area contributed by atoms with Gasteiger partial charge in [-0.3, -0.25) is 9.59 Å². The molecule has 0 spiro atoms. The van der Waals surface area contributed by atoms with Crippen LogP contribution in [0.25, 0.3) is 0 Å². The molecule has 1 heterocycles. The van der Waals surface area contributed by atoms with Crippen LogP contribution in [-0.2, 0) is 11.3 Å². The second kappa shape index (κ2) is 6.64. The maximum atomic E-state index is 11.6. The molecule has 1 amide bonds. The highest BCUT2D eigenvalue weighted by atomic mass is 16.4. The van der Waals surface area contributed by atoms with Crippen LogP contribution in [0.4, 0.5) is 0 Å². The summed E-state index contributed by atoms with van der Waals surface area (Å²) in [6.45, 7) is 1.82. The molecule has 0 fully saturated rings. The molecule has 0 aliphatic heterocycles. The summed E-state index contributed by atoms with van der Waals surface area (Å²) in [5.41, 5.74) is -0.324. The quantitative estimate of drug-likeness (QED) is 0.598. The number of carbonyl (C=O) groups is 2. The number of carboxylic acid groups (broad SMARTS) is 1. The molecule has 8 nitrogen and oxygen atoms in total. The number of aliphatic hydroxyl groups is 1. The number of aliphatic carboxylic acids is 1. The van der Waals surface area contributed by atoms with Crippen molar-refractivity contribution in [3.8, 4) is 0 Å². The van der Waals surface area contributed by atoms with E-state index in [-0.39, 0.29) is 11.3 Å². The lowest BCUT2D eigenvalue weighted by Crippen LogP contribution is -2.37. The van der Waals surface area contributed by atoms with E-state index in [9.17, 15) is 14.4 Å². The van der Waals surface area contributed by atoms with Crippen molar-refractivity contribution in [3.05, 3.63) is 28.2 Å². The summed E-state index contributed by atoms with van der Waals surface area (Å²) < 4.78 is 1.16. The average Bonchev–Trinajstić information content (AvgIpc) is 2.38. The van der Waals surface area contributed by atoms with Gasteiger partial charge < -0.3 is 15.5 Å². The maximum Gasteiger partial charge on any atom is 0.334 e. The summed E-state index contributed by atoms with van der Waals surface area (Å²) in [6, 6.07) is 2.46. The van der Waals surface area contributed by atoms with Crippen LogP contribution in [-0.4, -0.2) is 44.5 Å². The molecule has 1 atom stereocenters. The first-order valence-corrected chi connectivity index (χ1v) is 5.73. The Balaban J connectivity index is 2.74. The first kappa shape index (κ1) is 14.8. The Morgan fingerprint density at radius 2 is 2.16 bits per heavy atom. The summed E-state index contributed by atoms with van der Waals surface area (Å²) in [4.78, 5) is 33.4. The molecule has 1 unspecified atom stereocenters. The summed E-state index contributed by atoms with van der Waals surface area (Å²) in [5, 5.41) is 23.5. The van der Waals surface area contributed by atoms with Crippen LogP contribution >= 0.6 is 0 Å². The van der Waals surface area contributed by atoms with Crippen molar-refractivity contribution in [2.45, 2.75) is 26.0 Å². The number of nitrogens with zero attached hydrogens (tertiary/aromatic N) is 2. The van der Waals surface area contributed by atoms with Crippen LogP contribution in [0.2, 0.25) is 0 Å². The number of carboxylic acids is 1. The highest BCUT2D eigenvalue weighted by Gasteiger charge is 2.16. The monoisotopic (exact) mass is 269 g/mol. The van der Waals surface area contributed by atoms with Crippen LogP contribution < -0.4 is 10.9 Å². The molecule has 8 heteroatoms. The Morgan fingerprint density at radius 1 is 1.47 bits per heavy atom. The van der Waals surface area contributed by atoms with Gasteiger partial charge in [-0.05, 0) is 12.5 Å². The second-order valence-electron chi connectivity index (χ2n) is 3.84. The molecule has 0 aromatic carbocycles. The van der Waals surface area contributed by atoms with Crippen LogP contribution in [0.15, 0.2) is 16.9 Å². The molecule has 0 bridgehead atoms. The van der Waals surface area contributed by atoms with E-state index in [1.54, 1.807) is 0 Å². The van der Waals surface area contributed by atoms with Crippen molar-refractivity contribution in [3.63, 3.8) is 0 Å². The average molecular weight is 269 g/mol. The van der Waals surface area contributed by atoms with E-state index in [2.05, 4.69) is 10.4 Å². The number of aryl methyl sites for hydroxylation is 1. The smallest absolute Gasteiger partial charge is 0.334 e. The van der Waals surface area contributed by atoms with E-state index in [1.165, 1.54) is 12.1 Å². The third-order valence-electron chi connectivity index (χ3n) is 2.28. The van der Waals surface area contributed by atoms with E-state index in [4.69, 9.17) is 10.2 Å². The normalized spacial score (nSPS) is 11.9. The lowest BCUT2D eigenvalue weighted by atomic mass is 10.3. The van der Waals surface area contributed by atoms with Crippen molar-refractivity contribution in [2.24, 2.45) is 0 Å². The SMILES string of the molecule is CCCn1nc(C(=O)NCC(O)C(=O)O)ccc1=O. The Hall–Kier alpha value is -2.22. The van der Waals surface area contributed by atoms with Crippen LogP contribution in [0.3, 0.4) is 0 Å². The standard InChI is InChI=1S/C11H15N3O5/c1-2-5-14-9(16)4-3-7(13-14)10(17)12-6-8(15)11(18)19/h3-4,8,15H,2,5-6H2,1H3,(H,12,17)(H,18,19). The number of hydrogen-bond donors (Lipinski definition) is 3. The largest absolute Gasteiger partial charge is 0.479 e. The Bertz CT molecular complexity index is 525. The van der Waals surface area contributed by atoms with Crippen LogP contribution in [0, 0.1) is 0 Å². The molecular weight excluding hydrogens is 254 g/mol. The van der Waals surface area contributed by atoms with Crippen molar-refractivity contribution in [2.75, 3.05) is 6.54 Å². The summed E-state index contributed by atoms with van der Waals surface area (Å²) in [5.74, 6) is -2.07. The first-order chi connectivity index (χ1) is 8.95. The highest BCUT2D eigenvalue weighted by Crippen LogP contribution is 1.92. The fraction of sp³-hybridized carbons (Fsp3) is 0.455. The maximum absolute atomic E-state index is 11.6. The fourth-order valence-corrected chi connectivity index (χ4v) is 1.31. The van der Waals surface area contributed by atoms with Gasteiger partial charge in [0, 0.05) is 12.6 Å². The number of hydrogen-bond acceptors (Lipinski definition) is 5. The van der Waals surface area contributed by atoms with Gasteiger partial charge in [-0.15, -0.1) is 0 Å². The molecule has 1 aromatic heterocycles. The Kier molecular flexibility index (Phi) is 5.19. The van der Waals surface area contributed by atoms with Gasteiger partial charge in [0.05, 0.1) is 6.54 Å². The topological polar surface area (TPSA) is 122 Å². The number of nitrogens with one attached hydrogen (secondary N) is 1. The highest BCUT2D eigenvalue weighted by molar-refractivity contribution is 5.92. The molecule has 0 aliphatic rings. The van der Waals surface area contributed by atoms with Gasteiger partial charge in [0.25, 0.3) is 11.5 Å². The van der Waals surface area contributed by atoms with Crippen molar-refractivity contribution >= 4 is 11.9 Å². The third-order valence-corrected chi connectivity index (χ3v) is 2.28. The number of carbonyl (C=O) groups excluding carboxylic acids is 1. The zero-order chi connectivity index (χ0) is 14.4. The van der Waals surface area contributed by atoms with Gasteiger partial charge in [0.15, 0.2) is 6.10 Å². The van der Waals surface area contributed by atoms with Gasteiger partial charge >= 0.3 is 5.97 Å². The van der Waals surface area contributed by atoms with Crippen LogP contribution in [0.5, 0.6) is 0 Å². The van der Waals surface area contributed by atoms with Gasteiger partial charge in [-0.25, -0.2) is 9.48 Å². The predicted octanol–water partition coefficient (Wildman–Crippen LogP) is -1.17. The van der Waals surface area contributed by atoms with Crippen LogP contribution in [0.1, 0.15) is 23.8 Å². The summed E-state index contributed by atoms with van der Waals surface area (Å²) in [7, 11) is 0. The molecule has 3 N–H and O–H groups in total. The molecule has 0 saturated carbocycles. The van der Waals surface area contributed by atoms with E-state index in [0.717, 1.165) is 4.68 Å². The van der Waals surface area contributed by atoms with Gasteiger partial charge in [0.1, 0.15) is 5.69 Å². The summed E-state index contributed by atoms with van der Waals surface area (Å²) >= 11 is 0. The minimum Gasteiger partial charge on any atom is -0.479 e. The molecule has 1 rings (SSSR count). The van der Waals surface area contributed by atoms with E-state index in [1.807, 2.05) is 6.92 Å². The van der Waals surface area contributed by atoms with Crippen molar-refractivity contribution < 1.29 is 19.8 Å². The lowest BCUT2D eigenvalue weighted by Gasteiger charge is -2.08. The van der Waals surface area contributed by atoms with Gasteiger partial charge in [-0.1, -0.05) is 6.92 Å². The zero-order valence-electron chi connectivity index (χ0n) is 10.4. The van der Waals surface area contributed by atoms with E-state index < -0.39 is 24.5 Å². The number of aromatic nitrogens is 2. The van der Waals surface area contributed by atoms with E-state index >= 15 is 0 Å². The first-order valence-electron chi connectivity index (χ1n) is 5.73. The minimum atomic E-state index is -1.68. The number of amides is 1. The molecular formula is C11H15N3O5. The molecule has 0 aliphatic carbocycles. The lowest BCUT2D eigenvalue weighted by molar-refractivity contribution is -0.146. The van der Waals surface area contributed by atoms with Gasteiger partial charge in [0.2, 0.25) is 0 Å². The second-order valence-corrected chi connectivity index (χ2v) is 3.84. The fourth-order valence-electron chi connectivity index (χ4n) is 1.31. The third kappa shape index (κ3) is 4.18. The minimum absolute atomic E-state index is 0.00867. The molecule has 0 radical (unpaired) electrons. The molecule has 104 valence electrons. The summed E-state index contributed by atoms with van der Waals surface area (Å²) in [6.07, 6.45) is -0.985. The number of rotatable bonds is 6. The molecule has 0 saturated heterocycles. The van der Waals surface area contributed by atoms with Crippen molar-refractivity contribution in [1.29, 1.82) is 0 Å². The molecule has 19 heavy (non-hydrogen) atoms. The Labute approximate surface area is 108 Å². The Morgan fingerprint density at radius 3 is 2.74 bits per heavy atom. The zero-order valence-corrected chi connectivity index (χ0v) is 10.4. The predicted molar refractivity (Wildman–Crippen MR) is 64.8 cm³/mol.